The summed E-state index contributed by atoms with van der Waals surface area (Å²) in [7, 11) is 1.40. The highest BCUT2D eigenvalue weighted by molar-refractivity contribution is 4.93. The normalized spacial score (nSPS) is 25.8. The molecule has 0 bridgehead atoms. The lowest BCUT2D eigenvalue weighted by Gasteiger charge is -2.21. The fourth-order valence-corrected chi connectivity index (χ4v) is 3.03. The highest BCUT2D eigenvalue weighted by Crippen LogP contribution is 2.27. The number of rotatable bonds is 6. The Bertz CT molecular complexity index is 680. The third-order valence-electron chi connectivity index (χ3n) is 4.47. The zero-order valence-corrected chi connectivity index (χ0v) is 13.0. The second kappa shape index (κ2) is 5.51. The van der Waals surface area contributed by atoms with E-state index in [1.165, 1.54) is 16.2 Å². The number of nitrogens with zero attached hydrogens (tertiary/aromatic N) is 3. The molecular formula is C14H21N3O5. The molecule has 1 aromatic rings. The molecule has 0 spiro atoms. The molecular weight excluding hydrogens is 290 g/mol. The molecule has 22 heavy (non-hydrogen) atoms. The summed E-state index contributed by atoms with van der Waals surface area (Å²) >= 11 is 0. The van der Waals surface area contributed by atoms with Gasteiger partial charge in [0, 0.05) is 7.05 Å². The molecule has 0 aliphatic carbocycles. The van der Waals surface area contributed by atoms with Gasteiger partial charge in [-0.2, -0.15) is 0 Å². The van der Waals surface area contributed by atoms with E-state index in [2.05, 4.69) is 0 Å². The van der Waals surface area contributed by atoms with E-state index in [-0.39, 0.29) is 24.3 Å². The first-order valence-corrected chi connectivity index (χ1v) is 7.68. The van der Waals surface area contributed by atoms with Gasteiger partial charge in [0.15, 0.2) is 0 Å². The predicted molar refractivity (Wildman–Crippen MR) is 78.3 cm³/mol. The molecule has 0 N–H and O–H groups in total. The fraction of sp³-hybridized carbons (Fsp3) is 0.786. The standard InChI is InChI=1S/C14H21N3O5/c1-4-8(10-6-21-10)16-12(18)15(3)13(19)17(14(16)20)9(5-2)11-7-22-11/h8-11H,4-7H2,1-3H3. The minimum absolute atomic E-state index is 0.126. The van der Waals surface area contributed by atoms with Crippen molar-refractivity contribution in [3.05, 3.63) is 31.5 Å². The summed E-state index contributed by atoms with van der Waals surface area (Å²) in [5, 5.41) is 0. The van der Waals surface area contributed by atoms with E-state index in [0.29, 0.717) is 26.1 Å². The molecule has 8 nitrogen and oxygen atoms in total. The van der Waals surface area contributed by atoms with Gasteiger partial charge in [0.2, 0.25) is 0 Å². The van der Waals surface area contributed by atoms with Crippen LogP contribution in [0.15, 0.2) is 14.4 Å². The maximum Gasteiger partial charge on any atom is 0.337 e. The second-order valence-corrected chi connectivity index (χ2v) is 5.84. The highest BCUT2D eigenvalue weighted by atomic mass is 16.6. The second-order valence-electron chi connectivity index (χ2n) is 5.84. The van der Waals surface area contributed by atoms with Crippen LogP contribution < -0.4 is 17.1 Å². The Labute approximate surface area is 126 Å². The lowest BCUT2D eigenvalue weighted by molar-refractivity contribution is 0.265. The Kier molecular flexibility index (Phi) is 3.82. The minimum Gasteiger partial charge on any atom is -0.371 e. The van der Waals surface area contributed by atoms with E-state index >= 15 is 0 Å². The minimum atomic E-state index is -0.583. The number of ether oxygens (including phenoxy) is 2. The summed E-state index contributed by atoms with van der Waals surface area (Å²) in [4.78, 5) is 37.7. The van der Waals surface area contributed by atoms with Gasteiger partial charge in [-0.1, -0.05) is 13.8 Å². The van der Waals surface area contributed by atoms with E-state index in [1.807, 2.05) is 13.8 Å². The van der Waals surface area contributed by atoms with Crippen molar-refractivity contribution in [3.8, 4) is 0 Å². The van der Waals surface area contributed by atoms with Crippen LogP contribution in [0.2, 0.25) is 0 Å². The van der Waals surface area contributed by atoms with Gasteiger partial charge in [0.25, 0.3) is 0 Å². The zero-order valence-electron chi connectivity index (χ0n) is 13.0. The van der Waals surface area contributed by atoms with Crippen LogP contribution in [-0.4, -0.2) is 39.1 Å². The Morgan fingerprint density at radius 2 is 1.27 bits per heavy atom. The van der Waals surface area contributed by atoms with Crippen molar-refractivity contribution in [2.24, 2.45) is 7.05 Å². The lowest BCUT2D eigenvalue weighted by Crippen LogP contribution is -2.56. The monoisotopic (exact) mass is 311 g/mol. The Morgan fingerprint density at radius 1 is 0.909 bits per heavy atom. The van der Waals surface area contributed by atoms with Gasteiger partial charge in [0.1, 0.15) is 12.2 Å². The summed E-state index contributed by atoms with van der Waals surface area (Å²) in [5.41, 5.74) is -1.72. The van der Waals surface area contributed by atoms with E-state index in [4.69, 9.17) is 9.47 Å². The highest BCUT2D eigenvalue weighted by Gasteiger charge is 2.39. The molecule has 3 heterocycles. The van der Waals surface area contributed by atoms with Crippen molar-refractivity contribution in [1.29, 1.82) is 0 Å². The molecule has 0 aromatic carbocycles. The van der Waals surface area contributed by atoms with Crippen LogP contribution in [-0.2, 0) is 16.5 Å². The molecule has 1 aromatic heterocycles. The molecule has 8 heteroatoms. The molecule has 0 amide bonds. The van der Waals surface area contributed by atoms with Crippen LogP contribution in [0.3, 0.4) is 0 Å². The predicted octanol–water partition coefficient (Wildman–Crippen LogP) is -0.591. The fourth-order valence-electron chi connectivity index (χ4n) is 3.03. The van der Waals surface area contributed by atoms with Crippen molar-refractivity contribution in [3.63, 3.8) is 0 Å². The molecule has 3 rings (SSSR count). The van der Waals surface area contributed by atoms with Crippen molar-refractivity contribution in [2.75, 3.05) is 13.2 Å². The summed E-state index contributed by atoms with van der Waals surface area (Å²) in [5.74, 6) is 0. The van der Waals surface area contributed by atoms with Crippen molar-refractivity contribution in [2.45, 2.75) is 51.0 Å². The first-order chi connectivity index (χ1) is 10.5. The van der Waals surface area contributed by atoms with Gasteiger partial charge in [0.05, 0.1) is 25.3 Å². The Morgan fingerprint density at radius 3 is 1.55 bits per heavy atom. The molecule has 2 aliphatic heterocycles. The van der Waals surface area contributed by atoms with Crippen molar-refractivity contribution < 1.29 is 9.47 Å². The van der Waals surface area contributed by atoms with Gasteiger partial charge in [-0.05, 0) is 12.8 Å². The summed E-state index contributed by atoms with van der Waals surface area (Å²) in [6, 6.07) is -0.675. The average Bonchev–Trinajstić information content (AvgIpc) is 3.37. The zero-order chi connectivity index (χ0) is 16.0. The first kappa shape index (κ1) is 15.2. The molecule has 0 saturated carbocycles. The van der Waals surface area contributed by atoms with E-state index < -0.39 is 17.1 Å². The van der Waals surface area contributed by atoms with Gasteiger partial charge in [-0.15, -0.1) is 0 Å². The maximum absolute atomic E-state index is 12.8. The van der Waals surface area contributed by atoms with Crippen LogP contribution in [0.4, 0.5) is 0 Å². The molecule has 122 valence electrons. The summed E-state index contributed by atoms with van der Waals surface area (Å²) < 4.78 is 13.9. The molecule has 4 unspecified atom stereocenters. The number of aromatic nitrogens is 3. The summed E-state index contributed by atoms with van der Waals surface area (Å²) in [6.45, 7) is 4.87. The lowest BCUT2D eigenvalue weighted by atomic mass is 10.1. The third-order valence-corrected chi connectivity index (χ3v) is 4.47. The van der Waals surface area contributed by atoms with Gasteiger partial charge < -0.3 is 9.47 Å². The largest absolute Gasteiger partial charge is 0.371 e. The first-order valence-electron chi connectivity index (χ1n) is 7.68. The Hall–Kier alpha value is -1.67. The van der Waals surface area contributed by atoms with Crippen LogP contribution in [0.1, 0.15) is 38.8 Å². The average molecular weight is 311 g/mol. The molecule has 2 fully saturated rings. The summed E-state index contributed by atoms with van der Waals surface area (Å²) in [6.07, 6.45) is 0.931. The van der Waals surface area contributed by atoms with Gasteiger partial charge in [-0.25, -0.2) is 28.1 Å². The number of epoxide rings is 2. The van der Waals surface area contributed by atoms with E-state index in [1.54, 1.807) is 0 Å². The topological polar surface area (TPSA) is 91.1 Å². The van der Waals surface area contributed by atoms with E-state index in [9.17, 15) is 14.4 Å². The van der Waals surface area contributed by atoms with Crippen molar-refractivity contribution >= 4 is 0 Å². The van der Waals surface area contributed by atoms with Gasteiger partial charge in [-0.3, -0.25) is 0 Å². The SMILES string of the molecule is CCC(C1CO1)n1c(=O)n(C)c(=O)n(C(CC)C2CO2)c1=O. The van der Waals surface area contributed by atoms with Crippen LogP contribution in [0, 0.1) is 0 Å². The molecule has 4 atom stereocenters. The number of hydrogen-bond acceptors (Lipinski definition) is 5. The van der Waals surface area contributed by atoms with Crippen LogP contribution >= 0.6 is 0 Å². The maximum atomic E-state index is 12.8. The van der Waals surface area contributed by atoms with Crippen LogP contribution in [0.25, 0.3) is 0 Å². The third kappa shape index (κ3) is 2.36. The number of hydrogen-bond donors (Lipinski definition) is 0. The molecule has 2 saturated heterocycles. The van der Waals surface area contributed by atoms with E-state index in [0.717, 1.165) is 4.57 Å². The quantitative estimate of drug-likeness (QED) is 0.655. The van der Waals surface area contributed by atoms with Gasteiger partial charge >= 0.3 is 17.1 Å². The van der Waals surface area contributed by atoms with Crippen LogP contribution in [0.5, 0.6) is 0 Å². The smallest absolute Gasteiger partial charge is 0.337 e. The molecule has 2 aliphatic rings. The van der Waals surface area contributed by atoms with Crippen molar-refractivity contribution in [1.82, 2.24) is 13.7 Å². The Balaban J connectivity index is 2.22. The molecule has 0 radical (unpaired) electrons.